The van der Waals surface area contributed by atoms with Crippen LogP contribution in [0.2, 0.25) is 0 Å². The van der Waals surface area contributed by atoms with Crippen molar-refractivity contribution in [2.45, 2.75) is 19.4 Å². The van der Waals surface area contributed by atoms with Gasteiger partial charge in [-0.25, -0.2) is 0 Å². The summed E-state index contributed by atoms with van der Waals surface area (Å²) in [4.78, 5) is 17.3. The second-order valence-electron chi connectivity index (χ2n) is 3.83. The Hall–Kier alpha value is -1.62. The molecule has 3 N–H and O–H groups in total. The molecule has 0 saturated carbocycles. The Morgan fingerprint density at radius 2 is 2.38 bits per heavy atom. The van der Waals surface area contributed by atoms with Crippen LogP contribution in [0.3, 0.4) is 0 Å². The van der Waals surface area contributed by atoms with E-state index in [2.05, 4.69) is 4.98 Å². The molecule has 5 heteroatoms. The lowest BCUT2D eigenvalue weighted by Crippen LogP contribution is -2.30. The Kier molecular flexibility index (Phi) is 4.25. The van der Waals surface area contributed by atoms with Crippen molar-refractivity contribution >= 4 is 11.6 Å². The number of hydrogen-bond acceptors (Lipinski definition) is 4. The molecule has 1 aromatic rings. The Morgan fingerprint density at radius 3 is 2.94 bits per heavy atom. The van der Waals surface area contributed by atoms with Gasteiger partial charge in [0.05, 0.1) is 23.6 Å². The first-order valence-corrected chi connectivity index (χ1v) is 5.15. The number of carbonyl (C=O) groups excluding carboxylic acids is 1. The SMILES string of the molecule is CC(O)CCN(C)C(=O)c1ccncc1N. The van der Waals surface area contributed by atoms with Gasteiger partial charge in [0.15, 0.2) is 0 Å². The fourth-order valence-electron chi connectivity index (χ4n) is 1.29. The van der Waals surface area contributed by atoms with Gasteiger partial charge >= 0.3 is 0 Å². The standard InChI is InChI=1S/C11H17N3O2/c1-8(15)4-6-14(2)11(16)9-3-5-13-7-10(9)12/h3,5,7-8,15H,4,6,12H2,1-2H3. The summed E-state index contributed by atoms with van der Waals surface area (Å²) in [5.41, 5.74) is 6.47. The first kappa shape index (κ1) is 12.4. The van der Waals surface area contributed by atoms with Crippen molar-refractivity contribution in [1.82, 2.24) is 9.88 Å². The third-order valence-electron chi connectivity index (χ3n) is 2.31. The summed E-state index contributed by atoms with van der Waals surface area (Å²) >= 11 is 0. The zero-order valence-corrected chi connectivity index (χ0v) is 9.55. The first-order chi connectivity index (χ1) is 7.52. The average molecular weight is 223 g/mol. The van der Waals surface area contributed by atoms with Crippen molar-refractivity contribution in [3.05, 3.63) is 24.0 Å². The van der Waals surface area contributed by atoms with Gasteiger partial charge in [-0.2, -0.15) is 0 Å². The second kappa shape index (κ2) is 5.46. The number of rotatable bonds is 4. The van der Waals surface area contributed by atoms with Gasteiger partial charge in [-0.05, 0) is 19.4 Å². The fourth-order valence-corrected chi connectivity index (χ4v) is 1.29. The Balaban J connectivity index is 2.67. The third kappa shape index (κ3) is 3.20. The number of carbonyl (C=O) groups is 1. The maximum absolute atomic E-state index is 11.9. The molecular weight excluding hydrogens is 206 g/mol. The molecule has 0 aliphatic heterocycles. The number of nitrogens with zero attached hydrogens (tertiary/aromatic N) is 2. The summed E-state index contributed by atoms with van der Waals surface area (Å²) in [6.45, 7) is 2.19. The second-order valence-corrected chi connectivity index (χ2v) is 3.83. The zero-order chi connectivity index (χ0) is 12.1. The molecule has 0 aliphatic rings. The highest BCUT2D eigenvalue weighted by Crippen LogP contribution is 2.11. The highest BCUT2D eigenvalue weighted by Gasteiger charge is 2.14. The van der Waals surface area contributed by atoms with Crippen LogP contribution in [0.1, 0.15) is 23.7 Å². The molecule has 1 amide bonds. The average Bonchev–Trinajstić information content (AvgIpc) is 2.25. The lowest BCUT2D eigenvalue weighted by atomic mass is 10.2. The maximum atomic E-state index is 11.9. The van der Waals surface area contributed by atoms with E-state index in [4.69, 9.17) is 10.8 Å². The lowest BCUT2D eigenvalue weighted by Gasteiger charge is -2.18. The molecule has 0 radical (unpaired) electrons. The van der Waals surface area contributed by atoms with Gasteiger partial charge in [-0.1, -0.05) is 0 Å². The Bertz CT molecular complexity index is 366. The van der Waals surface area contributed by atoms with Crippen LogP contribution >= 0.6 is 0 Å². The van der Waals surface area contributed by atoms with Gasteiger partial charge in [0.25, 0.3) is 5.91 Å². The van der Waals surface area contributed by atoms with Crippen molar-refractivity contribution < 1.29 is 9.90 Å². The minimum atomic E-state index is -0.412. The van der Waals surface area contributed by atoms with E-state index < -0.39 is 6.10 Å². The fraction of sp³-hybridized carbons (Fsp3) is 0.455. The van der Waals surface area contributed by atoms with Crippen LogP contribution in [0.15, 0.2) is 18.5 Å². The number of nitrogens with two attached hydrogens (primary N) is 1. The van der Waals surface area contributed by atoms with E-state index in [1.807, 2.05) is 0 Å². The topological polar surface area (TPSA) is 79.5 Å². The van der Waals surface area contributed by atoms with E-state index in [-0.39, 0.29) is 5.91 Å². The molecule has 5 nitrogen and oxygen atoms in total. The zero-order valence-electron chi connectivity index (χ0n) is 9.55. The molecule has 1 rings (SSSR count). The summed E-state index contributed by atoms with van der Waals surface area (Å²) in [6.07, 6.45) is 3.12. The van der Waals surface area contributed by atoms with Crippen LogP contribution in [0.5, 0.6) is 0 Å². The van der Waals surface area contributed by atoms with Crippen LogP contribution in [0.25, 0.3) is 0 Å². The minimum Gasteiger partial charge on any atom is -0.397 e. The molecule has 1 heterocycles. The third-order valence-corrected chi connectivity index (χ3v) is 2.31. The van der Waals surface area contributed by atoms with E-state index in [0.717, 1.165) is 0 Å². The van der Waals surface area contributed by atoms with Crippen molar-refractivity contribution in [3.63, 3.8) is 0 Å². The van der Waals surface area contributed by atoms with E-state index >= 15 is 0 Å². The van der Waals surface area contributed by atoms with E-state index in [1.165, 1.54) is 12.4 Å². The smallest absolute Gasteiger partial charge is 0.255 e. The summed E-state index contributed by atoms with van der Waals surface area (Å²) in [5.74, 6) is -0.152. The van der Waals surface area contributed by atoms with Crippen LogP contribution in [-0.2, 0) is 0 Å². The van der Waals surface area contributed by atoms with Gasteiger partial charge in [-0.15, -0.1) is 0 Å². The normalized spacial score (nSPS) is 12.2. The van der Waals surface area contributed by atoms with E-state index in [9.17, 15) is 4.79 Å². The predicted octanol–water partition coefficient (Wildman–Crippen LogP) is 0.507. The Labute approximate surface area is 94.9 Å². The number of hydrogen-bond donors (Lipinski definition) is 2. The van der Waals surface area contributed by atoms with Crippen LogP contribution < -0.4 is 5.73 Å². The number of aliphatic hydroxyl groups excluding tert-OH is 1. The molecule has 0 bridgehead atoms. The van der Waals surface area contributed by atoms with E-state index in [1.54, 1.807) is 24.9 Å². The molecule has 0 aromatic carbocycles. The molecule has 0 fully saturated rings. The number of aliphatic hydroxyl groups is 1. The summed E-state index contributed by atoms with van der Waals surface area (Å²) in [5, 5.41) is 9.14. The summed E-state index contributed by atoms with van der Waals surface area (Å²) in [7, 11) is 1.69. The molecular formula is C11H17N3O2. The van der Waals surface area contributed by atoms with Gasteiger partial charge in [0.1, 0.15) is 0 Å². The first-order valence-electron chi connectivity index (χ1n) is 5.15. The number of pyridine rings is 1. The van der Waals surface area contributed by atoms with Gasteiger partial charge < -0.3 is 15.7 Å². The quantitative estimate of drug-likeness (QED) is 0.779. The van der Waals surface area contributed by atoms with Crippen molar-refractivity contribution in [2.75, 3.05) is 19.3 Å². The number of aromatic nitrogens is 1. The highest BCUT2D eigenvalue weighted by atomic mass is 16.3. The van der Waals surface area contributed by atoms with Crippen molar-refractivity contribution in [1.29, 1.82) is 0 Å². The number of amides is 1. The summed E-state index contributed by atoms with van der Waals surface area (Å²) < 4.78 is 0. The molecule has 0 aliphatic carbocycles. The lowest BCUT2D eigenvalue weighted by molar-refractivity contribution is 0.0770. The summed E-state index contributed by atoms with van der Waals surface area (Å²) in [6, 6.07) is 1.59. The molecule has 0 spiro atoms. The minimum absolute atomic E-state index is 0.152. The van der Waals surface area contributed by atoms with Gasteiger partial charge in [0.2, 0.25) is 0 Å². The maximum Gasteiger partial charge on any atom is 0.255 e. The van der Waals surface area contributed by atoms with Crippen molar-refractivity contribution in [2.24, 2.45) is 0 Å². The van der Waals surface area contributed by atoms with Crippen LogP contribution in [-0.4, -0.2) is 40.6 Å². The largest absolute Gasteiger partial charge is 0.397 e. The molecule has 1 atom stereocenters. The molecule has 1 aromatic heterocycles. The van der Waals surface area contributed by atoms with Crippen LogP contribution in [0.4, 0.5) is 5.69 Å². The Morgan fingerprint density at radius 1 is 1.69 bits per heavy atom. The molecule has 0 saturated heterocycles. The van der Waals surface area contributed by atoms with E-state index in [0.29, 0.717) is 24.2 Å². The van der Waals surface area contributed by atoms with Gasteiger partial charge in [-0.3, -0.25) is 9.78 Å². The predicted molar refractivity (Wildman–Crippen MR) is 61.9 cm³/mol. The van der Waals surface area contributed by atoms with Crippen molar-refractivity contribution in [3.8, 4) is 0 Å². The monoisotopic (exact) mass is 223 g/mol. The molecule has 1 unspecified atom stereocenters. The van der Waals surface area contributed by atoms with Crippen LogP contribution in [0, 0.1) is 0 Å². The van der Waals surface area contributed by atoms with Gasteiger partial charge in [0, 0.05) is 19.8 Å². The molecule has 16 heavy (non-hydrogen) atoms. The molecule has 88 valence electrons. The highest BCUT2D eigenvalue weighted by molar-refractivity contribution is 5.98. The number of anilines is 1. The number of nitrogen functional groups attached to an aromatic ring is 1.